The maximum Gasteiger partial charge on any atom is 0.270 e. The van der Waals surface area contributed by atoms with Crippen LogP contribution < -0.4 is 10.2 Å². The van der Waals surface area contributed by atoms with E-state index >= 15 is 0 Å². The second kappa shape index (κ2) is 7.22. The van der Waals surface area contributed by atoms with Gasteiger partial charge in [0.1, 0.15) is 17.8 Å². The average molecular weight is 276 g/mol. The lowest BCUT2D eigenvalue weighted by molar-refractivity contribution is 0.0947. The minimum Gasteiger partial charge on any atom is -0.357 e. The molecule has 0 bridgehead atoms. The van der Waals surface area contributed by atoms with Gasteiger partial charge in [0, 0.05) is 25.7 Å². The normalized spacial score (nSPS) is 15.4. The van der Waals surface area contributed by atoms with Gasteiger partial charge in [0.15, 0.2) is 0 Å². The molecule has 0 aromatic carbocycles. The van der Waals surface area contributed by atoms with Crippen molar-refractivity contribution in [2.45, 2.75) is 39.5 Å². The molecular weight excluding hydrogens is 252 g/mol. The number of hydrogen-bond acceptors (Lipinski definition) is 4. The summed E-state index contributed by atoms with van der Waals surface area (Å²) in [7, 11) is 0. The molecule has 5 nitrogen and oxygen atoms in total. The summed E-state index contributed by atoms with van der Waals surface area (Å²) in [6.07, 6.45) is 6.14. The van der Waals surface area contributed by atoms with Crippen molar-refractivity contribution in [3.05, 3.63) is 18.1 Å². The van der Waals surface area contributed by atoms with E-state index in [1.807, 2.05) is 0 Å². The number of piperidine rings is 1. The van der Waals surface area contributed by atoms with Crippen LogP contribution in [0.2, 0.25) is 0 Å². The predicted molar refractivity (Wildman–Crippen MR) is 79.9 cm³/mol. The Balaban J connectivity index is 1.96. The van der Waals surface area contributed by atoms with Crippen LogP contribution in [0, 0.1) is 5.92 Å². The minimum atomic E-state index is -0.105. The van der Waals surface area contributed by atoms with Crippen molar-refractivity contribution in [2.24, 2.45) is 5.92 Å². The number of hydrogen-bond donors (Lipinski definition) is 1. The summed E-state index contributed by atoms with van der Waals surface area (Å²) in [4.78, 5) is 22.6. The maximum atomic E-state index is 12.0. The molecule has 2 rings (SSSR count). The first-order valence-corrected chi connectivity index (χ1v) is 7.52. The SMILES string of the molecule is CC(C)CCNC(=O)c1cc(N2CCCCC2)ncn1. The van der Waals surface area contributed by atoms with Crippen molar-refractivity contribution >= 4 is 11.7 Å². The summed E-state index contributed by atoms with van der Waals surface area (Å²) >= 11 is 0. The van der Waals surface area contributed by atoms with E-state index in [4.69, 9.17) is 0 Å². The topological polar surface area (TPSA) is 58.1 Å². The van der Waals surface area contributed by atoms with Gasteiger partial charge in [0.05, 0.1) is 0 Å². The summed E-state index contributed by atoms with van der Waals surface area (Å²) in [5.74, 6) is 1.35. The van der Waals surface area contributed by atoms with Crippen LogP contribution in [0.25, 0.3) is 0 Å². The second-order valence-electron chi connectivity index (χ2n) is 5.75. The fourth-order valence-corrected chi connectivity index (χ4v) is 2.33. The fourth-order valence-electron chi connectivity index (χ4n) is 2.33. The van der Waals surface area contributed by atoms with Gasteiger partial charge in [-0.2, -0.15) is 0 Å². The Morgan fingerprint density at radius 2 is 2.05 bits per heavy atom. The Hall–Kier alpha value is -1.65. The molecule has 110 valence electrons. The van der Waals surface area contributed by atoms with E-state index in [9.17, 15) is 4.79 Å². The lowest BCUT2D eigenvalue weighted by Gasteiger charge is -2.27. The standard InChI is InChI=1S/C15H24N4O/c1-12(2)6-7-16-15(20)13-10-14(18-11-17-13)19-8-4-3-5-9-19/h10-12H,3-9H2,1-2H3,(H,16,20). The average Bonchev–Trinajstić information content (AvgIpc) is 2.48. The van der Waals surface area contributed by atoms with Crippen LogP contribution in [0.5, 0.6) is 0 Å². The fraction of sp³-hybridized carbons (Fsp3) is 0.667. The zero-order valence-electron chi connectivity index (χ0n) is 12.4. The summed E-state index contributed by atoms with van der Waals surface area (Å²) in [5.41, 5.74) is 0.462. The van der Waals surface area contributed by atoms with Gasteiger partial charge in [-0.3, -0.25) is 4.79 Å². The molecule has 0 aliphatic carbocycles. The zero-order valence-corrected chi connectivity index (χ0v) is 12.4. The third-order valence-electron chi connectivity index (χ3n) is 3.57. The summed E-state index contributed by atoms with van der Waals surface area (Å²) < 4.78 is 0. The van der Waals surface area contributed by atoms with Gasteiger partial charge in [-0.05, 0) is 31.6 Å². The molecule has 1 amide bonds. The van der Waals surface area contributed by atoms with Crippen molar-refractivity contribution in [1.29, 1.82) is 0 Å². The number of amides is 1. The summed E-state index contributed by atoms with van der Waals surface area (Å²) in [5, 5.41) is 2.91. The number of anilines is 1. The smallest absolute Gasteiger partial charge is 0.270 e. The minimum absolute atomic E-state index is 0.105. The van der Waals surface area contributed by atoms with Crippen LogP contribution in [0.15, 0.2) is 12.4 Å². The molecule has 1 N–H and O–H groups in total. The van der Waals surface area contributed by atoms with E-state index in [0.717, 1.165) is 25.3 Å². The number of nitrogens with zero attached hydrogens (tertiary/aromatic N) is 3. The van der Waals surface area contributed by atoms with Gasteiger partial charge in [-0.15, -0.1) is 0 Å². The van der Waals surface area contributed by atoms with Crippen LogP contribution in [0.3, 0.4) is 0 Å². The monoisotopic (exact) mass is 276 g/mol. The molecule has 1 saturated heterocycles. The van der Waals surface area contributed by atoms with Gasteiger partial charge in [-0.1, -0.05) is 13.8 Å². The molecule has 1 aliphatic rings. The Kier molecular flexibility index (Phi) is 5.32. The molecule has 1 fully saturated rings. The number of nitrogens with one attached hydrogen (secondary N) is 1. The molecule has 1 aromatic heterocycles. The highest BCUT2D eigenvalue weighted by molar-refractivity contribution is 5.92. The first kappa shape index (κ1) is 14.8. The number of carbonyl (C=O) groups excluding carboxylic acids is 1. The van der Waals surface area contributed by atoms with E-state index in [-0.39, 0.29) is 5.91 Å². The highest BCUT2D eigenvalue weighted by atomic mass is 16.1. The van der Waals surface area contributed by atoms with Crippen LogP contribution in [0.1, 0.15) is 50.0 Å². The van der Waals surface area contributed by atoms with Gasteiger partial charge >= 0.3 is 0 Å². The van der Waals surface area contributed by atoms with Crippen molar-refractivity contribution in [3.8, 4) is 0 Å². The summed E-state index contributed by atoms with van der Waals surface area (Å²) in [6, 6.07) is 1.80. The summed E-state index contributed by atoms with van der Waals surface area (Å²) in [6.45, 7) is 7.02. The number of aromatic nitrogens is 2. The molecule has 5 heteroatoms. The van der Waals surface area contributed by atoms with Crippen molar-refractivity contribution in [3.63, 3.8) is 0 Å². The Morgan fingerprint density at radius 1 is 1.30 bits per heavy atom. The highest BCUT2D eigenvalue weighted by Gasteiger charge is 2.15. The molecule has 1 aliphatic heterocycles. The third-order valence-corrected chi connectivity index (χ3v) is 3.57. The van der Waals surface area contributed by atoms with Gasteiger partial charge in [-0.25, -0.2) is 9.97 Å². The zero-order chi connectivity index (χ0) is 14.4. The lowest BCUT2D eigenvalue weighted by atomic mass is 10.1. The second-order valence-corrected chi connectivity index (χ2v) is 5.75. The largest absolute Gasteiger partial charge is 0.357 e. The van der Waals surface area contributed by atoms with Crippen LogP contribution in [-0.4, -0.2) is 35.5 Å². The third kappa shape index (κ3) is 4.18. The van der Waals surface area contributed by atoms with E-state index in [1.165, 1.54) is 25.6 Å². The van der Waals surface area contributed by atoms with Crippen LogP contribution in [-0.2, 0) is 0 Å². The molecule has 1 aromatic rings. The van der Waals surface area contributed by atoms with Crippen molar-refractivity contribution in [1.82, 2.24) is 15.3 Å². The van der Waals surface area contributed by atoms with Gasteiger partial charge in [0.25, 0.3) is 5.91 Å². The Morgan fingerprint density at radius 3 is 2.75 bits per heavy atom. The first-order valence-electron chi connectivity index (χ1n) is 7.52. The van der Waals surface area contributed by atoms with Crippen LogP contribution >= 0.6 is 0 Å². The molecule has 0 atom stereocenters. The molecule has 2 heterocycles. The molecule has 0 unspecified atom stereocenters. The highest BCUT2D eigenvalue weighted by Crippen LogP contribution is 2.17. The van der Waals surface area contributed by atoms with Gasteiger partial charge in [0.2, 0.25) is 0 Å². The maximum absolute atomic E-state index is 12.0. The molecular formula is C15H24N4O. The van der Waals surface area contributed by atoms with Crippen molar-refractivity contribution < 1.29 is 4.79 Å². The Bertz CT molecular complexity index is 441. The van der Waals surface area contributed by atoms with E-state index < -0.39 is 0 Å². The predicted octanol–water partition coefficient (Wildman–Crippen LogP) is 2.24. The number of rotatable bonds is 5. The van der Waals surface area contributed by atoms with E-state index in [0.29, 0.717) is 18.2 Å². The molecule has 20 heavy (non-hydrogen) atoms. The lowest BCUT2D eigenvalue weighted by Crippen LogP contribution is -2.31. The van der Waals surface area contributed by atoms with E-state index in [2.05, 4.69) is 34.0 Å². The first-order chi connectivity index (χ1) is 9.66. The molecule has 0 spiro atoms. The van der Waals surface area contributed by atoms with E-state index in [1.54, 1.807) is 6.07 Å². The van der Waals surface area contributed by atoms with Gasteiger partial charge < -0.3 is 10.2 Å². The quantitative estimate of drug-likeness (QED) is 0.896. The van der Waals surface area contributed by atoms with Crippen molar-refractivity contribution in [2.75, 3.05) is 24.5 Å². The molecule has 0 saturated carbocycles. The molecule has 0 radical (unpaired) electrons. The van der Waals surface area contributed by atoms with Crippen LogP contribution in [0.4, 0.5) is 5.82 Å². The number of carbonyl (C=O) groups is 1. The Labute approximate surface area is 120 Å².